The maximum atomic E-state index is 12.9. The van der Waals surface area contributed by atoms with Crippen LogP contribution in [0, 0.1) is 0 Å². The van der Waals surface area contributed by atoms with E-state index in [4.69, 9.17) is 0 Å². The fourth-order valence-corrected chi connectivity index (χ4v) is 3.97. The summed E-state index contributed by atoms with van der Waals surface area (Å²) in [4.78, 5) is 42.8. The van der Waals surface area contributed by atoms with E-state index in [9.17, 15) is 14.4 Å². The number of carbonyl (C=O) groups is 3. The molecule has 0 bridgehead atoms. The first-order valence-electron chi connectivity index (χ1n) is 9.26. The van der Waals surface area contributed by atoms with Gasteiger partial charge in [0.2, 0.25) is 11.8 Å². The van der Waals surface area contributed by atoms with Crippen molar-refractivity contribution in [2.45, 2.75) is 18.6 Å². The third-order valence-corrected chi connectivity index (χ3v) is 5.40. The molecule has 1 aliphatic rings. The van der Waals surface area contributed by atoms with Crippen LogP contribution in [0.15, 0.2) is 59.6 Å². The first kappa shape index (κ1) is 20.6. The summed E-state index contributed by atoms with van der Waals surface area (Å²) < 4.78 is 0. The molecule has 1 saturated heterocycles. The van der Waals surface area contributed by atoms with Crippen molar-refractivity contribution in [3.63, 3.8) is 0 Å². The number of anilines is 1. The number of rotatable bonds is 5. The van der Waals surface area contributed by atoms with Gasteiger partial charge in [0.05, 0.1) is 11.4 Å². The zero-order valence-corrected chi connectivity index (χ0v) is 17.0. The van der Waals surface area contributed by atoms with E-state index in [1.54, 1.807) is 31.3 Å². The van der Waals surface area contributed by atoms with Crippen molar-refractivity contribution in [3.05, 3.63) is 60.2 Å². The van der Waals surface area contributed by atoms with Crippen LogP contribution in [0.25, 0.3) is 0 Å². The Hall–Kier alpha value is -3.13. The summed E-state index contributed by atoms with van der Waals surface area (Å²) >= 11 is 1.26. The Morgan fingerprint density at radius 3 is 2.45 bits per heavy atom. The molecule has 0 radical (unpaired) electrons. The number of carbonyl (C=O) groups excluding carboxylic acids is 3. The van der Waals surface area contributed by atoms with Crippen LogP contribution in [-0.2, 0) is 9.59 Å². The van der Waals surface area contributed by atoms with Crippen molar-refractivity contribution < 1.29 is 14.4 Å². The fraction of sp³-hybridized carbons (Fsp3) is 0.238. The summed E-state index contributed by atoms with van der Waals surface area (Å²) in [6.07, 6.45) is 0.0971. The number of nitrogens with one attached hydrogen (secondary N) is 2. The van der Waals surface area contributed by atoms with Crippen molar-refractivity contribution in [2.24, 2.45) is 4.99 Å². The number of benzene rings is 2. The number of imide groups is 1. The number of amidine groups is 1. The Kier molecular flexibility index (Phi) is 6.66. The molecule has 1 aliphatic heterocycles. The Bertz CT molecular complexity index is 929. The second-order valence-corrected chi connectivity index (χ2v) is 7.48. The highest BCUT2D eigenvalue weighted by atomic mass is 32.2. The molecular weight excluding hydrogens is 388 g/mol. The van der Waals surface area contributed by atoms with Crippen LogP contribution in [0.4, 0.5) is 11.4 Å². The van der Waals surface area contributed by atoms with Gasteiger partial charge in [-0.2, -0.15) is 0 Å². The summed E-state index contributed by atoms with van der Waals surface area (Å²) in [7, 11) is 1.55. The van der Waals surface area contributed by atoms with Crippen LogP contribution in [-0.4, -0.2) is 41.7 Å². The van der Waals surface area contributed by atoms with Crippen LogP contribution in [0.3, 0.4) is 0 Å². The molecular formula is C21H22N4O3S. The molecule has 2 N–H and O–H groups in total. The second-order valence-electron chi connectivity index (χ2n) is 6.29. The van der Waals surface area contributed by atoms with Crippen molar-refractivity contribution >= 4 is 46.0 Å². The predicted octanol–water partition coefficient (Wildman–Crippen LogP) is 2.71. The number of para-hydroxylation sites is 1. The Balaban J connectivity index is 1.77. The average Bonchev–Trinajstić information content (AvgIpc) is 3.01. The van der Waals surface area contributed by atoms with Gasteiger partial charge in [-0.3, -0.25) is 14.4 Å². The van der Waals surface area contributed by atoms with E-state index < -0.39 is 5.25 Å². The molecule has 0 aliphatic carbocycles. The zero-order valence-electron chi connectivity index (χ0n) is 16.2. The lowest BCUT2D eigenvalue weighted by atomic mass is 10.2. The largest absolute Gasteiger partial charge is 0.365 e. The van der Waals surface area contributed by atoms with Crippen molar-refractivity contribution in [2.75, 3.05) is 18.5 Å². The van der Waals surface area contributed by atoms with Gasteiger partial charge in [-0.15, -0.1) is 0 Å². The monoisotopic (exact) mass is 410 g/mol. The molecule has 0 spiro atoms. The van der Waals surface area contributed by atoms with Crippen molar-refractivity contribution in [3.8, 4) is 0 Å². The van der Waals surface area contributed by atoms with E-state index in [0.29, 0.717) is 23.0 Å². The number of thioether (sulfide) groups is 1. The maximum Gasteiger partial charge on any atom is 0.251 e. The minimum absolute atomic E-state index is 0.0971. The van der Waals surface area contributed by atoms with E-state index in [1.807, 2.05) is 37.3 Å². The lowest BCUT2D eigenvalue weighted by Crippen LogP contribution is -2.32. The number of hydrogen-bond acceptors (Lipinski definition) is 5. The molecule has 2 aromatic rings. The van der Waals surface area contributed by atoms with Crippen LogP contribution in [0.2, 0.25) is 0 Å². The fourth-order valence-electron chi connectivity index (χ4n) is 2.89. The van der Waals surface area contributed by atoms with E-state index in [2.05, 4.69) is 15.6 Å². The highest BCUT2D eigenvalue weighted by Crippen LogP contribution is 2.31. The number of amides is 3. The third kappa shape index (κ3) is 4.83. The summed E-state index contributed by atoms with van der Waals surface area (Å²) in [5.41, 5.74) is 1.70. The minimum atomic E-state index is -0.553. The predicted molar refractivity (Wildman–Crippen MR) is 116 cm³/mol. The van der Waals surface area contributed by atoms with Gasteiger partial charge in [-0.25, -0.2) is 9.89 Å². The average molecular weight is 410 g/mol. The van der Waals surface area contributed by atoms with Gasteiger partial charge in [0.15, 0.2) is 5.17 Å². The second kappa shape index (κ2) is 9.38. The van der Waals surface area contributed by atoms with Crippen LogP contribution in [0.5, 0.6) is 0 Å². The molecule has 3 amide bonds. The number of aliphatic imine (C=N–C) groups is 1. The molecule has 2 aromatic carbocycles. The lowest BCUT2D eigenvalue weighted by molar-refractivity contribution is -0.121. The van der Waals surface area contributed by atoms with Crippen LogP contribution in [0.1, 0.15) is 23.7 Å². The SMILES string of the molecule is CCN/C(=N\c1ccccc1)SC1CC(=O)N(c2ccc(C(=O)NC)cc2)C1=O. The molecule has 0 aromatic heterocycles. The van der Waals surface area contributed by atoms with Gasteiger partial charge >= 0.3 is 0 Å². The van der Waals surface area contributed by atoms with Crippen molar-refractivity contribution in [1.29, 1.82) is 0 Å². The Labute approximate surface area is 173 Å². The molecule has 1 unspecified atom stereocenters. The first-order valence-corrected chi connectivity index (χ1v) is 10.1. The molecule has 150 valence electrons. The molecule has 29 heavy (non-hydrogen) atoms. The summed E-state index contributed by atoms with van der Waals surface area (Å²) in [5, 5.41) is 5.74. The summed E-state index contributed by atoms with van der Waals surface area (Å²) in [6.45, 7) is 2.60. The van der Waals surface area contributed by atoms with Gasteiger partial charge in [-0.1, -0.05) is 30.0 Å². The molecule has 0 saturated carbocycles. The quantitative estimate of drug-likeness (QED) is 0.449. The highest BCUT2D eigenvalue weighted by molar-refractivity contribution is 8.15. The summed E-state index contributed by atoms with van der Waals surface area (Å²) in [5.74, 6) is -0.779. The minimum Gasteiger partial charge on any atom is -0.365 e. The Morgan fingerprint density at radius 2 is 1.83 bits per heavy atom. The molecule has 1 fully saturated rings. The highest BCUT2D eigenvalue weighted by Gasteiger charge is 2.40. The zero-order chi connectivity index (χ0) is 20.8. The molecule has 8 heteroatoms. The van der Waals surface area contributed by atoms with E-state index in [1.165, 1.54) is 16.7 Å². The first-order chi connectivity index (χ1) is 14.0. The lowest BCUT2D eigenvalue weighted by Gasteiger charge is -2.16. The normalized spacial score (nSPS) is 16.8. The standard InChI is InChI=1S/C21H22N4O3S/c1-3-23-21(24-15-7-5-4-6-8-15)29-17-13-18(26)25(20(17)28)16-11-9-14(10-12-16)19(27)22-2/h4-12,17H,3,13H2,1-2H3,(H,22,27)(H,23,24). The number of hydrogen-bond donors (Lipinski definition) is 2. The molecule has 1 atom stereocenters. The maximum absolute atomic E-state index is 12.9. The van der Waals surface area contributed by atoms with Crippen LogP contribution < -0.4 is 15.5 Å². The van der Waals surface area contributed by atoms with Gasteiger partial charge in [0.25, 0.3) is 5.91 Å². The van der Waals surface area contributed by atoms with Gasteiger partial charge in [-0.05, 0) is 43.3 Å². The van der Waals surface area contributed by atoms with Gasteiger partial charge in [0, 0.05) is 25.6 Å². The van der Waals surface area contributed by atoms with Crippen LogP contribution >= 0.6 is 11.8 Å². The number of nitrogens with zero attached hydrogens (tertiary/aromatic N) is 2. The third-order valence-electron chi connectivity index (χ3n) is 4.29. The smallest absolute Gasteiger partial charge is 0.251 e. The topological polar surface area (TPSA) is 90.9 Å². The molecule has 3 rings (SSSR count). The molecule has 1 heterocycles. The van der Waals surface area contributed by atoms with E-state index in [0.717, 1.165) is 5.69 Å². The summed E-state index contributed by atoms with van der Waals surface area (Å²) in [6, 6.07) is 15.8. The van der Waals surface area contributed by atoms with Gasteiger partial charge < -0.3 is 10.6 Å². The molecule has 7 nitrogen and oxygen atoms in total. The van der Waals surface area contributed by atoms with Crippen molar-refractivity contribution in [1.82, 2.24) is 10.6 Å². The Morgan fingerprint density at radius 1 is 1.14 bits per heavy atom. The van der Waals surface area contributed by atoms with Gasteiger partial charge in [0.1, 0.15) is 5.25 Å². The van der Waals surface area contributed by atoms with E-state index in [-0.39, 0.29) is 24.1 Å². The van der Waals surface area contributed by atoms with E-state index >= 15 is 0 Å².